The summed E-state index contributed by atoms with van der Waals surface area (Å²) in [6.07, 6.45) is 4.76. The fraction of sp³-hybridized carbons (Fsp3) is 0.273. The summed E-state index contributed by atoms with van der Waals surface area (Å²) in [6, 6.07) is 1.91. The molecule has 0 amide bonds. The quantitative estimate of drug-likeness (QED) is 0.804. The van der Waals surface area contributed by atoms with Crippen molar-refractivity contribution in [2.75, 3.05) is 0 Å². The van der Waals surface area contributed by atoms with Gasteiger partial charge in [-0.15, -0.1) is 0 Å². The molecule has 16 heavy (non-hydrogen) atoms. The van der Waals surface area contributed by atoms with Crippen molar-refractivity contribution in [2.45, 2.75) is 19.4 Å². The maximum atomic E-state index is 10.1. The molecule has 5 heteroatoms. The average Bonchev–Trinajstić information content (AvgIpc) is 2.77. The molecule has 2 heterocycles. The summed E-state index contributed by atoms with van der Waals surface area (Å²) in [6.45, 7) is 2.04. The molecule has 0 radical (unpaired) electrons. The van der Waals surface area contributed by atoms with E-state index in [1.165, 1.54) is 12.5 Å². The van der Waals surface area contributed by atoms with Crippen LogP contribution in [-0.2, 0) is 6.42 Å². The molecular weight excluding hydrogens is 226 g/mol. The van der Waals surface area contributed by atoms with E-state index in [-0.39, 0.29) is 5.15 Å². The number of aromatic nitrogens is 3. The number of rotatable bonds is 3. The van der Waals surface area contributed by atoms with Gasteiger partial charge in [0.15, 0.2) is 0 Å². The molecule has 0 aromatic carbocycles. The number of nitrogens with zero attached hydrogens (tertiary/aromatic N) is 2. The summed E-state index contributed by atoms with van der Waals surface area (Å²) in [5.74, 6) is 0. The number of aliphatic hydroxyl groups excluding tert-OH is 1. The number of hydrogen-bond donors (Lipinski definition) is 2. The van der Waals surface area contributed by atoms with E-state index in [0.717, 1.165) is 17.7 Å². The van der Waals surface area contributed by atoms with E-state index in [2.05, 4.69) is 15.0 Å². The average molecular weight is 238 g/mol. The first-order valence-electron chi connectivity index (χ1n) is 5.03. The van der Waals surface area contributed by atoms with Gasteiger partial charge in [-0.2, -0.15) is 0 Å². The molecule has 2 aromatic rings. The van der Waals surface area contributed by atoms with Crippen molar-refractivity contribution in [3.05, 3.63) is 46.8 Å². The maximum Gasteiger partial charge on any atom is 0.138 e. The smallest absolute Gasteiger partial charge is 0.138 e. The molecule has 1 unspecified atom stereocenters. The Bertz CT molecular complexity index is 484. The summed E-state index contributed by atoms with van der Waals surface area (Å²) in [5, 5.41) is 10.4. The van der Waals surface area contributed by atoms with Crippen LogP contribution in [0.2, 0.25) is 5.15 Å². The fourth-order valence-electron chi connectivity index (χ4n) is 1.51. The lowest BCUT2D eigenvalue weighted by atomic mass is 10.1. The Morgan fingerprint density at radius 1 is 1.56 bits per heavy atom. The number of halogens is 1. The van der Waals surface area contributed by atoms with Crippen LogP contribution >= 0.6 is 11.6 Å². The first-order valence-corrected chi connectivity index (χ1v) is 5.40. The van der Waals surface area contributed by atoms with Gasteiger partial charge < -0.3 is 10.1 Å². The summed E-state index contributed by atoms with van der Waals surface area (Å²) < 4.78 is 0. The highest BCUT2D eigenvalue weighted by Gasteiger charge is 2.16. The van der Waals surface area contributed by atoms with Crippen molar-refractivity contribution in [3.63, 3.8) is 0 Å². The van der Waals surface area contributed by atoms with Crippen molar-refractivity contribution in [1.82, 2.24) is 15.0 Å². The third kappa shape index (κ3) is 2.08. The van der Waals surface area contributed by atoms with Gasteiger partial charge in [-0.25, -0.2) is 9.97 Å². The molecule has 0 saturated heterocycles. The zero-order valence-electron chi connectivity index (χ0n) is 8.81. The molecule has 0 bridgehead atoms. The van der Waals surface area contributed by atoms with Crippen molar-refractivity contribution < 1.29 is 5.11 Å². The number of aromatic amines is 1. The Kier molecular flexibility index (Phi) is 3.22. The molecule has 4 nitrogen and oxygen atoms in total. The Morgan fingerprint density at radius 3 is 3.00 bits per heavy atom. The molecule has 2 aromatic heterocycles. The van der Waals surface area contributed by atoms with Gasteiger partial charge in [0.2, 0.25) is 0 Å². The monoisotopic (exact) mass is 237 g/mol. The zero-order valence-corrected chi connectivity index (χ0v) is 9.57. The molecule has 0 saturated carbocycles. The zero-order chi connectivity index (χ0) is 11.5. The van der Waals surface area contributed by atoms with Crippen molar-refractivity contribution in [1.29, 1.82) is 0 Å². The number of H-pyrrole nitrogens is 1. The van der Waals surface area contributed by atoms with Crippen LogP contribution in [0.25, 0.3) is 0 Å². The van der Waals surface area contributed by atoms with Gasteiger partial charge in [-0.3, -0.25) is 0 Å². The van der Waals surface area contributed by atoms with E-state index in [0.29, 0.717) is 5.56 Å². The van der Waals surface area contributed by atoms with E-state index in [4.69, 9.17) is 11.6 Å². The third-order valence-corrected chi connectivity index (χ3v) is 2.76. The van der Waals surface area contributed by atoms with Crippen LogP contribution in [-0.4, -0.2) is 20.1 Å². The summed E-state index contributed by atoms with van der Waals surface area (Å²) in [5.41, 5.74) is 2.36. The second-order valence-corrected chi connectivity index (χ2v) is 3.84. The van der Waals surface area contributed by atoms with Crippen LogP contribution in [0, 0.1) is 0 Å². The molecule has 0 spiro atoms. The van der Waals surface area contributed by atoms with Gasteiger partial charge in [-0.1, -0.05) is 18.5 Å². The van der Waals surface area contributed by atoms with Crippen LogP contribution < -0.4 is 0 Å². The van der Waals surface area contributed by atoms with Crippen LogP contribution in [0.4, 0.5) is 0 Å². The predicted octanol–water partition coefficient (Wildman–Crippen LogP) is 2.10. The highest BCUT2D eigenvalue weighted by molar-refractivity contribution is 6.30. The van der Waals surface area contributed by atoms with Gasteiger partial charge in [0, 0.05) is 29.2 Å². The number of nitrogens with one attached hydrogen (secondary N) is 1. The molecule has 0 aliphatic carbocycles. The minimum atomic E-state index is -0.787. The fourth-order valence-corrected chi connectivity index (χ4v) is 1.71. The Labute approximate surface area is 98.3 Å². The molecule has 2 rings (SSSR count). The normalized spacial score (nSPS) is 12.7. The Hall–Kier alpha value is -1.39. The summed E-state index contributed by atoms with van der Waals surface area (Å²) >= 11 is 5.89. The molecule has 0 aliphatic heterocycles. The lowest BCUT2D eigenvalue weighted by molar-refractivity contribution is 0.219. The van der Waals surface area contributed by atoms with Gasteiger partial charge in [-0.05, 0) is 12.5 Å². The number of hydrogen-bond acceptors (Lipinski definition) is 3. The maximum absolute atomic E-state index is 10.1. The van der Waals surface area contributed by atoms with Crippen molar-refractivity contribution >= 4 is 11.6 Å². The minimum absolute atomic E-state index is 0.279. The topological polar surface area (TPSA) is 61.8 Å². The summed E-state index contributed by atoms with van der Waals surface area (Å²) in [7, 11) is 0. The molecule has 1 atom stereocenters. The van der Waals surface area contributed by atoms with Crippen LogP contribution in [0.15, 0.2) is 24.8 Å². The third-order valence-electron chi connectivity index (χ3n) is 2.45. The lowest BCUT2D eigenvalue weighted by Crippen LogP contribution is -2.01. The minimum Gasteiger partial charge on any atom is -0.383 e. The first kappa shape index (κ1) is 11.1. The predicted molar refractivity (Wildman–Crippen MR) is 61.3 cm³/mol. The SMILES string of the molecule is CCc1cc(C(O)c2cncnc2Cl)c[nH]1. The van der Waals surface area contributed by atoms with Crippen LogP contribution in [0.1, 0.15) is 29.8 Å². The molecular formula is C11H12ClN3O. The Morgan fingerprint density at radius 2 is 2.38 bits per heavy atom. The van der Waals surface area contributed by atoms with Crippen molar-refractivity contribution in [3.8, 4) is 0 Å². The van der Waals surface area contributed by atoms with E-state index in [9.17, 15) is 5.11 Å². The number of aryl methyl sites for hydroxylation is 1. The molecule has 0 aliphatic rings. The van der Waals surface area contributed by atoms with Crippen LogP contribution in [0.3, 0.4) is 0 Å². The second-order valence-electron chi connectivity index (χ2n) is 3.48. The van der Waals surface area contributed by atoms with E-state index < -0.39 is 6.10 Å². The van der Waals surface area contributed by atoms with Gasteiger partial charge in [0.1, 0.15) is 17.6 Å². The lowest BCUT2D eigenvalue weighted by Gasteiger charge is -2.09. The highest BCUT2D eigenvalue weighted by atomic mass is 35.5. The Balaban J connectivity index is 2.31. The first-order chi connectivity index (χ1) is 7.72. The van der Waals surface area contributed by atoms with E-state index in [1.807, 2.05) is 13.0 Å². The number of aliphatic hydroxyl groups is 1. The largest absolute Gasteiger partial charge is 0.383 e. The van der Waals surface area contributed by atoms with Crippen molar-refractivity contribution in [2.24, 2.45) is 0 Å². The highest BCUT2D eigenvalue weighted by Crippen LogP contribution is 2.26. The van der Waals surface area contributed by atoms with E-state index >= 15 is 0 Å². The summed E-state index contributed by atoms with van der Waals surface area (Å²) in [4.78, 5) is 10.8. The molecule has 0 fully saturated rings. The van der Waals surface area contributed by atoms with Gasteiger partial charge in [0.25, 0.3) is 0 Å². The molecule has 2 N–H and O–H groups in total. The van der Waals surface area contributed by atoms with Crippen LogP contribution in [0.5, 0.6) is 0 Å². The van der Waals surface area contributed by atoms with Gasteiger partial charge >= 0.3 is 0 Å². The molecule has 84 valence electrons. The van der Waals surface area contributed by atoms with E-state index in [1.54, 1.807) is 6.20 Å². The van der Waals surface area contributed by atoms with Gasteiger partial charge in [0.05, 0.1) is 0 Å². The standard InChI is InChI=1S/C11H12ClN3O/c1-2-8-3-7(4-14-8)10(16)9-5-13-6-15-11(9)12/h3-6,10,14,16H,2H2,1H3. The second kappa shape index (κ2) is 4.63.